The lowest BCUT2D eigenvalue weighted by molar-refractivity contribution is 1.22. The minimum absolute atomic E-state index is 0.430. The molecule has 0 saturated heterocycles. The van der Waals surface area contributed by atoms with E-state index in [-0.39, 0.29) is 0 Å². The van der Waals surface area contributed by atoms with Crippen LogP contribution in [-0.2, 0) is 0 Å². The number of anilines is 1. The average Bonchev–Trinajstić information content (AvgIpc) is 2.78. The van der Waals surface area contributed by atoms with Crippen LogP contribution in [0.2, 0.25) is 0 Å². The lowest BCUT2D eigenvalue weighted by Crippen LogP contribution is -2.15. The quantitative estimate of drug-likeness (QED) is 0.727. The molecule has 0 spiro atoms. The van der Waals surface area contributed by atoms with E-state index in [1.807, 2.05) is 24.4 Å². The van der Waals surface area contributed by atoms with Crippen molar-refractivity contribution in [2.24, 2.45) is 11.5 Å². The Kier molecular flexibility index (Phi) is 5.45. The SMILES string of the molecule is C=C.C=C(N)C1=C(N)Nc2c(C)ccc(C)c2C(c2cccnc2)=C1. The van der Waals surface area contributed by atoms with Crippen molar-refractivity contribution in [1.29, 1.82) is 0 Å². The molecule has 25 heavy (non-hydrogen) atoms. The zero-order valence-corrected chi connectivity index (χ0v) is 14.8. The molecule has 0 amide bonds. The fourth-order valence-corrected chi connectivity index (χ4v) is 2.83. The topological polar surface area (TPSA) is 77.0 Å². The van der Waals surface area contributed by atoms with Crippen LogP contribution in [0, 0.1) is 13.8 Å². The summed E-state index contributed by atoms with van der Waals surface area (Å²) in [5.41, 5.74) is 19.7. The minimum Gasteiger partial charge on any atom is -0.399 e. The first-order valence-corrected chi connectivity index (χ1v) is 7.93. The van der Waals surface area contributed by atoms with Gasteiger partial charge in [-0.05, 0) is 42.7 Å². The third-order valence-corrected chi connectivity index (χ3v) is 4.05. The first kappa shape index (κ1) is 18.1. The Morgan fingerprint density at radius 2 is 1.80 bits per heavy atom. The number of nitrogens with two attached hydrogens (primary N) is 2. The number of benzene rings is 1. The second-order valence-electron chi connectivity index (χ2n) is 5.73. The Hall–Kier alpha value is -3.27. The number of allylic oxidation sites excluding steroid dienone is 1. The zero-order chi connectivity index (χ0) is 18.6. The first-order chi connectivity index (χ1) is 12.0. The van der Waals surface area contributed by atoms with Crippen LogP contribution in [0.25, 0.3) is 5.57 Å². The lowest BCUT2D eigenvalue weighted by atomic mass is 9.91. The van der Waals surface area contributed by atoms with E-state index < -0.39 is 0 Å². The van der Waals surface area contributed by atoms with Gasteiger partial charge in [0.1, 0.15) is 5.82 Å². The van der Waals surface area contributed by atoms with Crippen molar-refractivity contribution in [3.05, 3.63) is 102 Å². The second kappa shape index (κ2) is 7.53. The van der Waals surface area contributed by atoms with Crippen molar-refractivity contribution < 1.29 is 0 Å². The maximum atomic E-state index is 6.22. The third-order valence-electron chi connectivity index (χ3n) is 4.05. The number of nitrogens with one attached hydrogen (secondary N) is 1. The molecule has 4 heteroatoms. The van der Waals surface area contributed by atoms with E-state index in [1.165, 1.54) is 0 Å². The summed E-state index contributed by atoms with van der Waals surface area (Å²) < 4.78 is 0. The Morgan fingerprint density at radius 1 is 1.12 bits per heavy atom. The average molecular weight is 332 g/mol. The largest absolute Gasteiger partial charge is 0.399 e. The number of hydrogen-bond acceptors (Lipinski definition) is 4. The van der Waals surface area contributed by atoms with Gasteiger partial charge in [0.15, 0.2) is 0 Å². The van der Waals surface area contributed by atoms with Gasteiger partial charge in [0.25, 0.3) is 0 Å². The van der Waals surface area contributed by atoms with Crippen LogP contribution in [0.5, 0.6) is 0 Å². The minimum atomic E-state index is 0.430. The van der Waals surface area contributed by atoms with E-state index in [1.54, 1.807) is 6.20 Å². The summed E-state index contributed by atoms with van der Waals surface area (Å²) in [5, 5.41) is 3.31. The molecule has 0 atom stereocenters. The number of aromatic nitrogens is 1. The van der Waals surface area contributed by atoms with Crippen LogP contribution < -0.4 is 16.8 Å². The fourth-order valence-electron chi connectivity index (χ4n) is 2.83. The number of nitrogens with zero attached hydrogens (tertiary/aromatic N) is 1. The molecule has 0 unspecified atom stereocenters. The normalized spacial score (nSPS) is 12.8. The molecule has 1 aliphatic heterocycles. The number of fused-ring (bicyclic) bond motifs is 1. The van der Waals surface area contributed by atoms with Gasteiger partial charge in [0, 0.05) is 34.8 Å². The number of rotatable bonds is 2. The van der Waals surface area contributed by atoms with Gasteiger partial charge in [0.2, 0.25) is 0 Å². The summed E-state index contributed by atoms with van der Waals surface area (Å²) in [6, 6.07) is 8.14. The number of hydrogen-bond donors (Lipinski definition) is 3. The van der Waals surface area contributed by atoms with E-state index in [2.05, 4.69) is 56.0 Å². The van der Waals surface area contributed by atoms with Crippen molar-refractivity contribution in [2.45, 2.75) is 13.8 Å². The van der Waals surface area contributed by atoms with Gasteiger partial charge in [-0.2, -0.15) is 0 Å². The molecule has 1 aromatic carbocycles. The molecular weight excluding hydrogens is 308 g/mol. The maximum Gasteiger partial charge on any atom is 0.110 e. The van der Waals surface area contributed by atoms with Gasteiger partial charge in [-0.1, -0.05) is 24.8 Å². The first-order valence-electron chi connectivity index (χ1n) is 7.93. The van der Waals surface area contributed by atoms with Crippen LogP contribution in [0.1, 0.15) is 22.3 Å². The van der Waals surface area contributed by atoms with E-state index >= 15 is 0 Å². The van der Waals surface area contributed by atoms with Crippen LogP contribution in [-0.4, -0.2) is 4.98 Å². The molecule has 1 aliphatic rings. The Morgan fingerprint density at radius 3 is 2.40 bits per heavy atom. The molecule has 0 radical (unpaired) electrons. The van der Waals surface area contributed by atoms with Crippen molar-refractivity contribution >= 4 is 11.3 Å². The molecule has 0 aliphatic carbocycles. The van der Waals surface area contributed by atoms with Crippen molar-refractivity contribution in [3.63, 3.8) is 0 Å². The molecule has 128 valence electrons. The standard InChI is InChI=1S/C19H20N4.C2H4/c1-11-6-7-12(2)18-17(11)16(14-5-4-8-22-10-14)9-15(13(3)20)19(21)23-18;1-2/h4-10,23H,3,20-21H2,1-2H3;1-2H2. The molecule has 3 rings (SSSR count). The van der Waals surface area contributed by atoms with Crippen LogP contribution in [0.3, 0.4) is 0 Å². The summed E-state index contributed by atoms with van der Waals surface area (Å²) in [7, 11) is 0. The van der Waals surface area contributed by atoms with Gasteiger partial charge in [-0.25, -0.2) is 0 Å². The van der Waals surface area contributed by atoms with Gasteiger partial charge >= 0.3 is 0 Å². The summed E-state index contributed by atoms with van der Waals surface area (Å²) in [4.78, 5) is 4.24. The van der Waals surface area contributed by atoms with Gasteiger partial charge < -0.3 is 16.8 Å². The van der Waals surface area contributed by atoms with Crippen LogP contribution in [0.4, 0.5) is 5.69 Å². The maximum absolute atomic E-state index is 6.22. The summed E-state index contributed by atoms with van der Waals surface area (Å²) in [5.74, 6) is 0.506. The fraction of sp³-hybridized carbons (Fsp3) is 0.0952. The number of pyridine rings is 1. The van der Waals surface area contributed by atoms with E-state index in [0.29, 0.717) is 17.1 Å². The highest BCUT2D eigenvalue weighted by molar-refractivity contribution is 5.92. The predicted molar refractivity (Wildman–Crippen MR) is 107 cm³/mol. The van der Waals surface area contributed by atoms with Gasteiger partial charge in [-0.15, -0.1) is 13.2 Å². The molecule has 2 heterocycles. The summed E-state index contributed by atoms with van der Waals surface area (Å²) in [6.45, 7) is 14.0. The monoisotopic (exact) mass is 332 g/mol. The summed E-state index contributed by atoms with van der Waals surface area (Å²) in [6.07, 6.45) is 5.59. The molecule has 1 aromatic heterocycles. The highest BCUT2D eigenvalue weighted by atomic mass is 15.0. The van der Waals surface area contributed by atoms with Crippen molar-refractivity contribution in [1.82, 2.24) is 4.98 Å². The van der Waals surface area contributed by atoms with Crippen molar-refractivity contribution in [3.8, 4) is 0 Å². The van der Waals surface area contributed by atoms with Gasteiger partial charge in [-0.3, -0.25) is 4.98 Å². The van der Waals surface area contributed by atoms with Gasteiger partial charge in [0.05, 0.1) is 5.69 Å². The van der Waals surface area contributed by atoms with E-state index in [0.717, 1.165) is 33.5 Å². The smallest absolute Gasteiger partial charge is 0.110 e. The second-order valence-corrected chi connectivity index (χ2v) is 5.73. The zero-order valence-electron chi connectivity index (χ0n) is 14.8. The molecule has 0 saturated carbocycles. The van der Waals surface area contributed by atoms with E-state index in [9.17, 15) is 0 Å². The molecule has 0 bridgehead atoms. The summed E-state index contributed by atoms with van der Waals surface area (Å²) >= 11 is 0. The van der Waals surface area contributed by atoms with Crippen LogP contribution >= 0.6 is 0 Å². The van der Waals surface area contributed by atoms with Crippen LogP contribution in [0.15, 0.2) is 79.6 Å². The molecule has 5 N–H and O–H groups in total. The Labute approximate surface area is 149 Å². The Balaban J connectivity index is 0.00000109. The van der Waals surface area contributed by atoms with Crippen molar-refractivity contribution in [2.75, 3.05) is 5.32 Å². The third kappa shape index (κ3) is 3.48. The number of aryl methyl sites for hydroxylation is 2. The Bertz CT molecular complexity index is 861. The predicted octanol–water partition coefficient (Wildman–Crippen LogP) is 4.00. The molecule has 4 nitrogen and oxygen atoms in total. The molecule has 2 aromatic rings. The molecule has 0 fully saturated rings. The highest BCUT2D eigenvalue weighted by Crippen LogP contribution is 2.38. The highest BCUT2D eigenvalue weighted by Gasteiger charge is 2.20. The lowest BCUT2D eigenvalue weighted by Gasteiger charge is -2.17. The van der Waals surface area contributed by atoms with E-state index in [4.69, 9.17) is 11.5 Å². The molecular formula is C21H24N4.